The molecule has 168 valence electrons. The first-order chi connectivity index (χ1) is 13.7. The van der Waals surface area contributed by atoms with Crippen LogP contribution in [0.3, 0.4) is 0 Å². The van der Waals surface area contributed by atoms with Crippen LogP contribution < -0.4 is 5.32 Å². The largest absolute Gasteiger partial charge is 0.379 e. The maximum atomic E-state index is 11.7. The van der Waals surface area contributed by atoms with Gasteiger partial charge in [-0.25, -0.2) is 0 Å². The summed E-state index contributed by atoms with van der Waals surface area (Å²) in [5.41, 5.74) is 0. The summed E-state index contributed by atoms with van der Waals surface area (Å²) in [7, 11) is 3.54. The minimum Gasteiger partial charge on any atom is -0.379 e. The Morgan fingerprint density at radius 1 is 0.821 bits per heavy atom. The van der Waals surface area contributed by atoms with E-state index in [1.54, 1.807) is 21.6 Å². The third-order valence-electron chi connectivity index (χ3n) is 3.44. The molecule has 0 aliphatic rings. The molecule has 0 aromatic heterocycles. The average Bonchev–Trinajstić information content (AvgIpc) is 2.69. The molecule has 1 unspecified atom stereocenters. The number of nitrogens with one attached hydrogen (secondary N) is 1. The van der Waals surface area contributed by atoms with Crippen molar-refractivity contribution in [3.05, 3.63) is 0 Å². The second-order valence-electron chi connectivity index (χ2n) is 6.02. The summed E-state index contributed by atoms with van der Waals surface area (Å²) < 4.78 is 26.9. The van der Waals surface area contributed by atoms with Crippen LogP contribution in [0.1, 0.15) is 33.1 Å². The van der Waals surface area contributed by atoms with E-state index in [0.29, 0.717) is 77.7 Å². The van der Waals surface area contributed by atoms with Crippen LogP contribution in [0, 0.1) is 0 Å². The molecule has 0 aliphatic heterocycles. The van der Waals surface area contributed by atoms with Gasteiger partial charge in [0.15, 0.2) is 0 Å². The third kappa shape index (κ3) is 22.3. The molecule has 0 rings (SSSR count). The average molecular weight is 442 g/mol. The van der Waals surface area contributed by atoms with E-state index < -0.39 is 0 Å². The highest BCUT2D eigenvalue weighted by Crippen LogP contribution is 2.26. The van der Waals surface area contributed by atoms with Crippen LogP contribution in [0.5, 0.6) is 0 Å². The molecule has 1 N–H and O–H groups in total. The molecule has 0 radical (unpaired) electrons. The maximum absolute atomic E-state index is 11.7. The molecular formula is C19H39NO6S2. The third-order valence-corrected chi connectivity index (χ3v) is 5.76. The number of amides is 1. The molecule has 0 aliphatic carbocycles. The fourth-order valence-electron chi connectivity index (χ4n) is 2.02. The van der Waals surface area contributed by atoms with Gasteiger partial charge in [0.2, 0.25) is 5.91 Å². The molecule has 0 saturated carbocycles. The molecule has 7 nitrogen and oxygen atoms in total. The van der Waals surface area contributed by atoms with Gasteiger partial charge in [0, 0.05) is 24.8 Å². The predicted molar refractivity (Wildman–Crippen MR) is 117 cm³/mol. The number of carbonyl (C=O) groups is 1. The summed E-state index contributed by atoms with van der Waals surface area (Å²) in [6.07, 6.45) is 4.54. The van der Waals surface area contributed by atoms with E-state index in [1.165, 1.54) is 0 Å². The number of rotatable bonds is 22. The molecule has 1 amide bonds. The van der Waals surface area contributed by atoms with Gasteiger partial charge >= 0.3 is 0 Å². The summed E-state index contributed by atoms with van der Waals surface area (Å²) >= 11 is 0. The summed E-state index contributed by atoms with van der Waals surface area (Å²) in [5.74, 6) is 0.0861. The first kappa shape index (κ1) is 28.0. The van der Waals surface area contributed by atoms with Gasteiger partial charge in [0.25, 0.3) is 0 Å². The highest BCUT2D eigenvalue weighted by atomic mass is 33.1. The smallest absolute Gasteiger partial charge is 0.220 e. The van der Waals surface area contributed by atoms with Crippen molar-refractivity contribution in [3.8, 4) is 0 Å². The van der Waals surface area contributed by atoms with Crippen molar-refractivity contribution >= 4 is 27.5 Å². The van der Waals surface area contributed by atoms with Gasteiger partial charge in [0.05, 0.1) is 59.5 Å². The number of ether oxygens (including phenoxy) is 5. The van der Waals surface area contributed by atoms with Crippen LogP contribution >= 0.6 is 21.6 Å². The molecule has 1 atom stereocenters. The van der Waals surface area contributed by atoms with Gasteiger partial charge in [-0.1, -0.05) is 35.4 Å². The Balaban J connectivity index is 3.14. The lowest BCUT2D eigenvalue weighted by Crippen LogP contribution is -2.27. The van der Waals surface area contributed by atoms with Gasteiger partial charge in [0.1, 0.15) is 0 Å². The van der Waals surface area contributed by atoms with Crippen LogP contribution in [0.2, 0.25) is 0 Å². The second kappa shape index (κ2) is 23.3. The van der Waals surface area contributed by atoms with E-state index in [9.17, 15) is 4.79 Å². The topological polar surface area (TPSA) is 75.2 Å². The molecule has 0 bridgehead atoms. The SMILES string of the molecule is CCCOCCOCCOCCOCCOCCNC(=O)CCC(C)SSC. The number of carbonyl (C=O) groups excluding carboxylic acids is 1. The lowest BCUT2D eigenvalue weighted by atomic mass is 10.2. The molecule has 0 saturated heterocycles. The van der Waals surface area contributed by atoms with Crippen molar-refractivity contribution in [2.45, 2.75) is 38.4 Å². The first-order valence-corrected chi connectivity index (χ1v) is 12.7. The van der Waals surface area contributed by atoms with Crippen LogP contribution in [-0.4, -0.2) is 90.0 Å². The zero-order valence-electron chi connectivity index (χ0n) is 17.7. The monoisotopic (exact) mass is 441 g/mol. The summed E-state index contributed by atoms with van der Waals surface area (Å²) in [5, 5.41) is 3.37. The normalized spacial score (nSPS) is 12.2. The van der Waals surface area contributed by atoms with Crippen molar-refractivity contribution in [3.63, 3.8) is 0 Å². The fraction of sp³-hybridized carbons (Fsp3) is 0.947. The van der Waals surface area contributed by atoms with Gasteiger partial charge in [-0.05, 0) is 19.1 Å². The van der Waals surface area contributed by atoms with E-state index in [0.717, 1.165) is 19.4 Å². The molecule has 0 aromatic rings. The van der Waals surface area contributed by atoms with Crippen molar-refractivity contribution in [1.82, 2.24) is 5.32 Å². The predicted octanol–water partition coefficient (Wildman–Crippen LogP) is 2.78. The zero-order chi connectivity index (χ0) is 20.7. The first-order valence-electron chi connectivity index (χ1n) is 10.1. The zero-order valence-corrected chi connectivity index (χ0v) is 19.4. The maximum Gasteiger partial charge on any atom is 0.220 e. The van der Waals surface area contributed by atoms with Crippen molar-refractivity contribution < 1.29 is 28.5 Å². The van der Waals surface area contributed by atoms with Gasteiger partial charge in [-0.2, -0.15) is 0 Å². The lowest BCUT2D eigenvalue weighted by Gasteiger charge is -2.10. The van der Waals surface area contributed by atoms with Gasteiger partial charge in [-0.15, -0.1) is 0 Å². The summed E-state index contributed by atoms with van der Waals surface area (Å²) in [6.45, 7) is 10.5. The van der Waals surface area contributed by atoms with E-state index in [2.05, 4.69) is 25.4 Å². The highest BCUT2D eigenvalue weighted by Gasteiger charge is 2.06. The van der Waals surface area contributed by atoms with E-state index in [-0.39, 0.29) is 5.91 Å². The van der Waals surface area contributed by atoms with Crippen LogP contribution in [0.15, 0.2) is 0 Å². The standard InChI is InChI=1S/C19H39NO6S2/c1-4-8-22-10-12-24-14-16-26-17-15-25-13-11-23-9-7-20-19(21)6-5-18(2)28-27-3/h18H,4-17H2,1-3H3,(H,20,21). The van der Waals surface area contributed by atoms with Crippen molar-refractivity contribution in [2.75, 3.05) is 78.9 Å². The Bertz CT molecular complexity index is 340. The minimum atomic E-state index is 0.0861. The molecule has 0 heterocycles. The Kier molecular flexibility index (Phi) is 23.2. The molecule has 0 fully saturated rings. The minimum absolute atomic E-state index is 0.0861. The lowest BCUT2D eigenvalue weighted by molar-refractivity contribution is -0.121. The van der Waals surface area contributed by atoms with Crippen LogP contribution in [0.25, 0.3) is 0 Å². The summed E-state index contributed by atoms with van der Waals surface area (Å²) in [4.78, 5) is 11.7. The van der Waals surface area contributed by atoms with E-state index >= 15 is 0 Å². The fourth-order valence-corrected chi connectivity index (χ4v) is 3.84. The summed E-state index contributed by atoms with van der Waals surface area (Å²) in [6, 6.07) is 0. The molecular weight excluding hydrogens is 402 g/mol. The Morgan fingerprint density at radius 3 is 1.75 bits per heavy atom. The Labute approximate surface area is 178 Å². The van der Waals surface area contributed by atoms with Crippen LogP contribution in [0.4, 0.5) is 0 Å². The molecule has 0 aromatic carbocycles. The molecule has 9 heteroatoms. The van der Waals surface area contributed by atoms with Crippen LogP contribution in [-0.2, 0) is 28.5 Å². The Morgan fingerprint density at radius 2 is 1.29 bits per heavy atom. The van der Waals surface area contributed by atoms with Gasteiger partial charge in [-0.3, -0.25) is 4.79 Å². The molecule has 0 spiro atoms. The number of hydrogen-bond donors (Lipinski definition) is 1. The Hall–Kier alpha value is -0.0300. The van der Waals surface area contributed by atoms with E-state index in [1.807, 2.05) is 0 Å². The highest BCUT2D eigenvalue weighted by molar-refractivity contribution is 8.76. The quantitative estimate of drug-likeness (QED) is 0.203. The second-order valence-corrected chi connectivity index (χ2v) is 8.93. The van der Waals surface area contributed by atoms with E-state index in [4.69, 9.17) is 23.7 Å². The van der Waals surface area contributed by atoms with Crippen molar-refractivity contribution in [2.24, 2.45) is 0 Å². The van der Waals surface area contributed by atoms with Gasteiger partial charge < -0.3 is 29.0 Å². The number of hydrogen-bond acceptors (Lipinski definition) is 8. The van der Waals surface area contributed by atoms with Crippen molar-refractivity contribution in [1.29, 1.82) is 0 Å². The molecule has 28 heavy (non-hydrogen) atoms.